The maximum Gasteiger partial charge on any atom is 0.133 e. The third-order valence-corrected chi connectivity index (χ3v) is 3.60. The number of anilines is 2. The van der Waals surface area contributed by atoms with Crippen LogP contribution in [-0.4, -0.2) is 41.3 Å². The van der Waals surface area contributed by atoms with Crippen molar-refractivity contribution < 1.29 is 4.74 Å². The second-order valence-electron chi connectivity index (χ2n) is 5.38. The molecule has 6 nitrogen and oxygen atoms in total. The van der Waals surface area contributed by atoms with Crippen molar-refractivity contribution in [1.82, 2.24) is 15.0 Å². The van der Waals surface area contributed by atoms with Crippen LogP contribution in [0.15, 0.2) is 24.4 Å². The Kier molecular flexibility index (Phi) is 4.48. The smallest absolute Gasteiger partial charge is 0.133 e. The molecule has 0 spiro atoms. The first kappa shape index (κ1) is 14.7. The number of ether oxygens (including phenoxy) is 1. The minimum Gasteiger partial charge on any atom is -0.378 e. The Hall–Kier alpha value is -2.21. The van der Waals surface area contributed by atoms with Crippen LogP contribution in [-0.2, 0) is 11.3 Å². The zero-order chi connectivity index (χ0) is 15.4. The molecule has 1 aliphatic rings. The van der Waals surface area contributed by atoms with E-state index in [2.05, 4.69) is 31.2 Å². The molecule has 3 rings (SSSR count). The number of aryl methyl sites for hydroxylation is 2. The Balaban J connectivity index is 1.74. The number of hydrogen-bond acceptors (Lipinski definition) is 6. The fourth-order valence-corrected chi connectivity index (χ4v) is 2.62. The third kappa shape index (κ3) is 3.51. The highest BCUT2D eigenvalue weighted by Crippen LogP contribution is 2.19. The van der Waals surface area contributed by atoms with Crippen LogP contribution in [0.5, 0.6) is 0 Å². The number of pyridine rings is 1. The van der Waals surface area contributed by atoms with Gasteiger partial charge in [0.1, 0.15) is 17.5 Å². The van der Waals surface area contributed by atoms with Gasteiger partial charge < -0.3 is 15.0 Å². The van der Waals surface area contributed by atoms with E-state index in [-0.39, 0.29) is 0 Å². The van der Waals surface area contributed by atoms with Crippen LogP contribution >= 0.6 is 0 Å². The molecule has 0 saturated carbocycles. The van der Waals surface area contributed by atoms with Gasteiger partial charge in [0.05, 0.1) is 13.2 Å². The zero-order valence-corrected chi connectivity index (χ0v) is 13.0. The van der Waals surface area contributed by atoms with Gasteiger partial charge in [-0.25, -0.2) is 15.0 Å². The van der Waals surface area contributed by atoms with Crippen molar-refractivity contribution in [3.63, 3.8) is 0 Å². The summed E-state index contributed by atoms with van der Waals surface area (Å²) in [5, 5.41) is 3.37. The van der Waals surface area contributed by atoms with Crippen LogP contribution in [0.2, 0.25) is 0 Å². The minimum absolute atomic E-state index is 0.691. The van der Waals surface area contributed by atoms with E-state index in [0.717, 1.165) is 49.5 Å². The van der Waals surface area contributed by atoms with Crippen molar-refractivity contribution in [1.29, 1.82) is 0 Å². The molecule has 2 aromatic rings. The lowest BCUT2D eigenvalue weighted by molar-refractivity contribution is 0.122. The Morgan fingerprint density at radius 1 is 1.23 bits per heavy atom. The molecule has 1 saturated heterocycles. The molecular formula is C16H21N5O. The molecule has 0 unspecified atom stereocenters. The molecule has 0 atom stereocenters. The Labute approximate surface area is 130 Å². The van der Waals surface area contributed by atoms with E-state index < -0.39 is 0 Å². The molecule has 3 heterocycles. The molecule has 1 aliphatic heterocycles. The Morgan fingerprint density at radius 3 is 2.82 bits per heavy atom. The van der Waals surface area contributed by atoms with Crippen molar-refractivity contribution in [3.8, 4) is 0 Å². The summed E-state index contributed by atoms with van der Waals surface area (Å²) in [6.45, 7) is 7.86. The Bertz CT molecular complexity index is 620. The number of nitrogens with zero attached hydrogens (tertiary/aromatic N) is 4. The number of nitrogens with one attached hydrogen (secondary N) is 1. The Morgan fingerprint density at radius 2 is 2.05 bits per heavy atom. The molecule has 2 aromatic heterocycles. The summed E-state index contributed by atoms with van der Waals surface area (Å²) in [4.78, 5) is 15.5. The molecule has 0 aromatic carbocycles. The van der Waals surface area contributed by atoms with Crippen LogP contribution in [0.4, 0.5) is 11.6 Å². The molecule has 6 heteroatoms. The lowest BCUT2D eigenvalue weighted by Gasteiger charge is -2.29. The first-order valence-corrected chi connectivity index (χ1v) is 7.55. The lowest BCUT2D eigenvalue weighted by Crippen LogP contribution is -2.37. The topological polar surface area (TPSA) is 63.2 Å². The molecule has 1 N–H and O–H groups in total. The monoisotopic (exact) mass is 299 g/mol. The van der Waals surface area contributed by atoms with Gasteiger partial charge in [-0.1, -0.05) is 6.07 Å². The third-order valence-electron chi connectivity index (χ3n) is 3.60. The predicted octanol–water partition coefficient (Wildman–Crippen LogP) is 1.94. The van der Waals surface area contributed by atoms with Crippen molar-refractivity contribution in [2.75, 3.05) is 36.5 Å². The van der Waals surface area contributed by atoms with Gasteiger partial charge in [0.2, 0.25) is 0 Å². The summed E-state index contributed by atoms with van der Waals surface area (Å²) in [5.41, 5.74) is 2.13. The molecule has 0 radical (unpaired) electrons. The van der Waals surface area contributed by atoms with Crippen LogP contribution in [0.1, 0.15) is 17.1 Å². The zero-order valence-electron chi connectivity index (χ0n) is 13.0. The fourth-order valence-electron chi connectivity index (χ4n) is 2.62. The highest BCUT2D eigenvalue weighted by atomic mass is 16.5. The van der Waals surface area contributed by atoms with Gasteiger partial charge >= 0.3 is 0 Å². The number of morpholine rings is 1. The molecule has 0 amide bonds. The normalized spacial score (nSPS) is 14.9. The van der Waals surface area contributed by atoms with Crippen LogP contribution in [0.3, 0.4) is 0 Å². The van der Waals surface area contributed by atoms with Crippen molar-refractivity contribution >= 4 is 11.6 Å². The molecule has 0 bridgehead atoms. The van der Waals surface area contributed by atoms with Crippen LogP contribution in [0, 0.1) is 13.8 Å². The second kappa shape index (κ2) is 6.70. The number of aromatic nitrogens is 3. The first-order chi connectivity index (χ1) is 10.7. The minimum atomic E-state index is 0.691. The van der Waals surface area contributed by atoms with E-state index >= 15 is 0 Å². The quantitative estimate of drug-likeness (QED) is 0.931. The molecule has 116 valence electrons. The average Bonchev–Trinajstić information content (AvgIpc) is 2.53. The largest absolute Gasteiger partial charge is 0.378 e. The molecular weight excluding hydrogens is 278 g/mol. The van der Waals surface area contributed by atoms with E-state index in [1.807, 2.05) is 32.2 Å². The maximum absolute atomic E-state index is 5.41. The van der Waals surface area contributed by atoms with Gasteiger partial charge in [0.15, 0.2) is 0 Å². The van der Waals surface area contributed by atoms with Gasteiger partial charge in [0.25, 0.3) is 0 Å². The van der Waals surface area contributed by atoms with Crippen molar-refractivity contribution in [3.05, 3.63) is 41.5 Å². The summed E-state index contributed by atoms with van der Waals surface area (Å²) in [5.74, 6) is 2.66. The van der Waals surface area contributed by atoms with Gasteiger partial charge in [0, 0.05) is 43.2 Å². The molecule has 22 heavy (non-hydrogen) atoms. The van der Waals surface area contributed by atoms with E-state index in [9.17, 15) is 0 Å². The summed E-state index contributed by atoms with van der Waals surface area (Å²) in [6.07, 6.45) is 1.84. The van der Waals surface area contributed by atoms with E-state index in [4.69, 9.17) is 4.74 Å². The predicted molar refractivity (Wildman–Crippen MR) is 86.1 cm³/mol. The summed E-state index contributed by atoms with van der Waals surface area (Å²) in [6, 6.07) is 6.03. The lowest BCUT2D eigenvalue weighted by atomic mass is 10.2. The summed E-state index contributed by atoms with van der Waals surface area (Å²) in [7, 11) is 0. The van der Waals surface area contributed by atoms with Crippen LogP contribution < -0.4 is 10.2 Å². The van der Waals surface area contributed by atoms with E-state index in [1.165, 1.54) is 5.56 Å². The highest BCUT2D eigenvalue weighted by Gasteiger charge is 2.15. The van der Waals surface area contributed by atoms with Gasteiger partial charge in [-0.15, -0.1) is 0 Å². The fraction of sp³-hybridized carbons (Fsp3) is 0.438. The first-order valence-electron chi connectivity index (χ1n) is 7.55. The van der Waals surface area contributed by atoms with E-state index in [0.29, 0.717) is 6.54 Å². The molecule has 1 fully saturated rings. The van der Waals surface area contributed by atoms with Crippen molar-refractivity contribution in [2.45, 2.75) is 20.4 Å². The van der Waals surface area contributed by atoms with Gasteiger partial charge in [-0.3, -0.25) is 0 Å². The second-order valence-corrected chi connectivity index (χ2v) is 5.38. The highest BCUT2D eigenvalue weighted by molar-refractivity contribution is 5.49. The summed E-state index contributed by atoms with van der Waals surface area (Å²) < 4.78 is 5.41. The maximum atomic E-state index is 5.41. The number of hydrogen-bond donors (Lipinski definition) is 1. The SMILES string of the molecule is Cc1cc(NCc2cccnc2N2CCOCC2)nc(C)n1. The van der Waals surface area contributed by atoms with Crippen LogP contribution in [0.25, 0.3) is 0 Å². The van der Waals surface area contributed by atoms with Gasteiger partial charge in [-0.05, 0) is 19.9 Å². The van der Waals surface area contributed by atoms with Crippen molar-refractivity contribution in [2.24, 2.45) is 0 Å². The summed E-state index contributed by atoms with van der Waals surface area (Å²) >= 11 is 0. The average molecular weight is 299 g/mol. The number of rotatable bonds is 4. The van der Waals surface area contributed by atoms with Gasteiger partial charge in [-0.2, -0.15) is 0 Å². The van der Waals surface area contributed by atoms with E-state index in [1.54, 1.807) is 0 Å². The standard InChI is InChI=1S/C16H21N5O/c1-12-10-15(20-13(2)19-12)18-11-14-4-3-5-17-16(14)21-6-8-22-9-7-21/h3-5,10H,6-9,11H2,1-2H3,(H,18,19,20). The molecule has 0 aliphatic carbocycles.